The molecule has 1 aliphatic heterocycles. The first-order valence-electron chi connectivity index (χ1n) is 6.58. The van der Waals surface area contributed by atoms with E-state index in [9.17, 15) is 9.90 Å². The Morgan fingerprint density at radius 3 is 2.62 bits per heavy atom. The van der Waals surface area contributed by atoms with Gasteiger partial charge in [0.1, 0.15) is 0 Å². The van der Waals surface area contributed by atoms with Gasteiger partial charge in [-0.3, -0.25) is 4.79 Å². The highest BCUT2D eigenvalue weighted by molar-refractivity contribution is 5.75. The van der Waals surface area contributed by atoms with Crippen molar-refractivity contribution in [2.24, 2.45) is 11.3 Å². The van der Waals surface area contributed by atoms with Crippen LogP contribution in [-0.4, -0.2) is 35.6 Å². The van der Waals surface area contributed by atoms with Gasteiger partial charge in [0.2, 0.25) is 0 Å². The van der Waals surface area contributed by atoms with E-state index in [1.54, 1.807) is 0 Å². The molecule has 1 N–H and O–H groups in total. The Morgan fingerprint density at radius 1 is 1.38 bits per heavy atom. The number of hydrogen-bond donors (Lipinski definition) is 1. The van der Waals surface area contributed by atoms with Crippen LogP contribution in [0, 0.1) is 11.3 Å². The maximum Gasteiger partial charge on any atom is 0.310 e. The van der Waals surface area contributed by atoms with Crippen LogP contribution in [0.15, 0.2) is 0 Å². The summed E-state index contributed by atoms with van der Waals surface area (Å²) in [7, 11) is 0. The van der Waals surface area contributed by atoms with E-state index in [0.29, 0.717) is 5.92 Å². The molecule has 16 heavy (non-hydrogen) atoms. The Hall–Kier alpha value is -0.570. The third-order valence-corrected chi connectivity index (χ3v) is 4.27. The maximum atomic E-state index is 11.6. The molecule has 92 valence electrons. The number of likely N-dealkylation sites (tertiary alicyclic amines) is 1. The smallest absolute Gasteiger partial charge is 0.310 e. The number of hydrogen-bond acceptors (Lipinski definition) is 2. The van der Waals surface area contributed by atoms with Crippen LogP contribution in [0.25, 0.3) is 0 Å². The first-order valence-corrected chi connectivity index (χ1v) is 6.58. The average Bonchev–Trinajstić information content (AvgIpc) is 2.70. The van der Waals surface area contributed by atoms with Crippen LogP contribution in [0.5, 0.6) is 0 Å². The van der Waals surface area contributed by atoms with Crippen molar-refractivity contribution in [2.75, 3.05) is 19.6 Å². The van der Waals surface area contributed by atoms with Crippen LogP contribution in [0.2, 0.25) is 0 Å². The summed E-state index contributed by atoms with van der Waals surface area (Å²) in [5.41, 5.74) is -0.442. The molecule has 3 nitrogen and oxygen atoms in total. The number of rotatable bonds is 3. The molecular formula is C13H23NO2. The van der Waals surface area contributed by atoms with E-state index >= 15 is 0 Å². The minimum Gasteiger partial charge on any atom is -0.481 e. The van der Waals surface area contributed by atoms with E-state index in [4.69, 9.17) is 0 Å². The fraction of sp³-hybridized carbons (Fsp3) is 0.923. The summed E-state index contributed by atoms with van der Waals surface area (Å²) < 4.78 is 0. The summed E-state index contributed by atoms with van der Waals surface area (Å²) in [6.07, 6.45) is 6.52. The van der Waals surface area contributed by atoms with Crippen molar-refractivity contribution in [1.82, 2.24) is 4.90 Å². The number of carbonyl (C=O) groups is 1. The summed E-state index contributed by atoms with van der Waals surface area (Å²) in [5.74, 6) is 0.0124. The van der Waals surface area contributed by atoms with Gasteiger partial charge in [0.15, 0.2) is 0 Å². The molecule has 1 heterocycles. The van der Waals surface area contributed by atoms with Crippen molar-refractivity contribution in [3.8, 4) is 0 Å². The third-order valence-electron chi connectivity index (χ3n) is 4.27. The number of aliphatic carboxylic acids is 1. The topological polar surface area (TPSA) is 40.5 Å². The van der Waals surface area contributed by atoms with Crippen LogP contribution in [0.1, 0.15) is 45.4 Å². The summed E-state index contributed by atoms with van der Waals surface area (Å²) in [4.78, 5) is 13.9. The zero-order chi connectivity index (χ0) is 11.6. The lowest BCUT2D eigenvalue weighted by atomic mass is 9.70. The first kappa shape index (κ1) is 11.9. The van der Waals surface area contributed by atoms with Crippen LogP contribution >= 0.6 is 0 Å². The number of nitrogens with zero attached hydrogens (tertiary/aromatic N) is 1. The minimum absolute atomic E-state index is 0.442. The highest BCUT2D eigenvalue weighted by atomic mass is 16.4. The molecule has 0 radical (unpaired) electrons. The van der Waals surface area contributed by atoms with Gasteiger partial charge in [-0.2, -0.15) is 0 Å². The van der Waals surface area contributed by atoms with Crippen LogP contribution in [0.3, 0.4) is 0 Å². The lowest BCUT2D eigenvalue weighted by molar-refractivity contribution is -0.153. The van der Waals surface area contributed by atoms with Gasteiger partial charge in [-0.25, -0.2) is 0 Å². The molecule has 2 fully saturated rings. The fourth-order valence-electron chi connectivity index (χ4n) is 3.43. The Labute approximate surface area is 97.8 Å². The van der Waals surface area contributed by atoms with Gasteiger partial charge in [-0.05, 0) is 44.7 Å². The van der Waals surface area contributed by atoms with Crippen LogP contribution in [0.4, 0.5) is 0 Å². The van der Waals surface area contributed by atoms with Crippen molar-refractivity contribution in [2.45, 2.75) is 45.4 Å². The average molecular weight is 225 g/mol. The summed E-state index contributed by atoms with van der Waals surface area (Å²) in [6, 6.07) is 0. The van der Waals surface area contributed by atoms with E-state index in [0.717, 1.165) is 38.9 Å². The van der Waals surface area contributed by atoms with Gasteiger partial charge >= 0.3 is 5.97 Å². The minimum atomic E-state index is -0.564. The van der Waals surface area contributed by atoms with E-state index in [2.05, 4.69) is 11.8 Å². The summed E-state index contributed by atoms with van der Waals surface area (Å²) in [6.45, 7) is 5.18. The fourth-order valence-corrected chi connectivity index (χ4v) is 3.43. The van der Waals surface area contributed by atoms with Crippen molar-refractivity contribution in [3.63, 3.8) is 0 Å². The van der Waals surface area contributed by atoms with Crippen LogP contribution < -0.4 is 0 Å². The third kappa shape index (κ3) is 2.40. The molecular weight excluding hydrogens is 202 g/mol. The lowest BCUT2D eigenvalue weighted by Gasteiger charge is -2.39. The zero-order valence-electron chi connectivity index (χ0n) is 10.2. The predicted molar refractivity (Wildman–Crippen MR) is 63.4 cm³/mol. The highest BCUT2D eigenvalue weighted by Crippen LogP contribution is 2.40. The van der Waals surface area contributed by atoms with E-state index in [1.165, 1.54) is 19.3 Å². The van der Waals surface area contributed by atoms with Gasteiger partial charge in [0.25, 0.3) is 0 Å². The molecule has 2 atom stereocenters. The summed E-state index contributed by atoms with van der Waals surface area (Å²) in [5, 5.41) is 9.54. The molecule has 0 bridgehead atoms. The second-order valence-electron chi connectivity index (χ2n) is 5.77. The Bertz CT molecular complexity index is 261. The monoisotopic (exact) mass is 225 g/mol. The van der Waals surface area contributed by atoms with Crippen molar-refractivity contribution < 1.29 is 9.90 Å². The van der Waals surface area contributed by atoms with Crippen molar-refractivity contribution >= 4 is 5.97 Å². The molecule has 0 aromatic heterocycles. The van der Waals surface area contributed by atoms with E-state index in [-0.39, 0.29) is 0 Å². The first-order chi connectivity index (χ1) is 7.62. The lowest BCUT2D eigenvalue weighted by Crippen LogP contribution is -2.45. The molecule has 0 aromatic rings. The Kier molecular flexibility index (Phi) is 3.53. The molecule has 0 aromatic carbocycles. The number of carboxylic acid groups (broad SMARTS) is 1. The molecule has 3 heteroatoms. The zero-order valence-corrected chi connectivity index (χ0v) is 10.2. The predicted octanol–water partition coefficient (Wildman–Crippen LogP) is 2.36. The SMILES string of the molecule is CC1CCCC(CN2CCCC2)(C(=O)O)C1. The maximum absolute atomic E-state index is 11.6. The molecule has 1 saturated heterocycles. The van der Waals surface area contributed by atoms with Gasteiger partial charge in [0, 0.05) is 6.54 Å². The largest absolute Gasteiger partial charge is 0.481 e. The normalized spacial score (nSPS) is 36.4. The molecule has 2 unspecified atom stereocenters. The molecule has 0 amide bonds. The Morgan fingerprint density at radius 2 is 2.06 bits per heavy atom. The number of carboxylic acids is 1. The highest BCUT2D eigenvalue weighted by Gasteiger charge is 2.43. The molecule has 2 rings (SSSR count). The van der Waals surface area contributed by atoms with E-state index in [1.807, 2.05) is 0 Å². The van der Waals surface area contributed by atoms with Crippen molar-refractivity contribution in [3.05, 3.63) is 0 Å². The van der Waals surface area contributed by atoms with Gasteiger partial charge in [-0.15, -0.1) is 0 Å². The second-order valence-corrected chi connectivity index (χ2v) is 5.77. The van der Waals surface area contributed by atoms with Gasteiger partial charge < -0.3 is 10.0 Å². The Balaban J connectivity index is 2.04. The standard InChI is InChI=1S/C13H23NO2/c1-11-5-4-6-13(9-11,12(15)16)10-14-7-2-3-8-14/h11H,2-10H2,1H3,(H,15,16). The quantitative estimate of drug-likeness (QED) is 0.801. The van der Waals surface area contributed by atoms with Crippen LogP contribution in [-0.2, 0) is 4.79 Å². The van der Waals surface area contributed by atoms with Gasteiger partial charge in [0.05, 0.1) is 5.41 Å². The second kappa shape index (κ2) is 4.74. The van der Waals surface area contributed by atoms with E-state index < -0.39 is 11.4 Å². The van der Waals surface area contributed by atoms with Crippen molar-refractivity contribution in [1.29, 1.82) is 0 Å². The molecule has 2 aliphatic rings. The molecule has 1 saturated carbocycles. The molecule has 0 spiro atoms. The molecule has 1 aliphatic carbocycles. The summed E-state index contributed by atoms with van der Waals surface area (Å²) >= 11 is 0. The van der Waals surface area contributed by atoms with Gasteiger partial charge in [-0.1, -0.05) is 19.8 Å².